The summed E-state index contributed by atoms with van der Waals surface area (Å²) in [5.41, 5.74) is 0.739. The van der Waals surface area contributed by atoms with Crippen molar-refractivity contribution in [2.24, 2.45) is 7.05 Å². The van der Waals surface area contributed by atoms with Gasteiger partial charge in [0.2, 0.25) is 0 Å². The van der Waals surface area contributed by atoms with Gasteiger partial charge in [-0.2, -0.15) is 0 Å². The van der Waals surface area contributed by atoms with Gasteiger partial charge in [0.05, 0.1) is 12.3 Å². The average Bonchev–Trinajstić information content (AvgIpc) is 2.67. The summed E-state index contributed by atoms with van der Waals surface area (Å²) in [6, 6.07) is 5.52. The summed E-state index contributed by atoms with van der Waals surface area (Å²) < 4.78 is 8.37. The monoisotopic (exact) mass is 344 g/mol. The molecule has 0 fully saturated rings. The molecular formula is C13H14BrClN2O2. The van der Waals surface area contributed by atoms with Gasteiger partial charge in [-0.05, 0) is 19.1 Å². The summed E-state index contributed by atoms with van der Waals surface area (Å²) in [6.45, 7) is 1.99. The van der Waals surface area contributed by atoms with Gasteiger partial charge in [-0.25, -0.2) is 4.98 Å². The Kier molecular flexibility index (Phi) is 4.50. The molecule has 2 rings (SSSR count). The van der Waals surface area contributed by atoms with E-state index in [2.05, 4.69) is 20.9 Å². The van der Waals surface area contributed by atoms with E-state index in [0.29, 0.717) is 17.5 Å². The summed E-state index contributed by atoms with van der Waals surface area (Å²) in [4.78, 5) is 4.16. The van der Waals surface area contributed by atoms with E-state index >= 15 is 0 Å². The minimum absolute atomic E-state index is 0.291. The molecule has 0 unspecified atom stereocenters. The van der Waals surface area contributed by atoms with E-state index in [9.17, 15) is 5.11 Å². The molecule has 0 aliphatic carbocycles. The summed E-state index contributed by atoms with van der Waals surface area (Å²) in [6.07, 6.45) is 0.990. The van der Waals surface area contributed by atoms with E-state index in [1.165, 1.54) is 0 Å². The maximum Gasteiger partial charge on any atom is 0.147 e. The van der Waals surface area contributed by atoms with E-state index in [1.54, 1.807) is 17.7 Å². The Hall–Kier alpha value is -1.04. The minimum Gasteiger partial charge on any atom is -0.485 e. The van der Waals surface area contributed by atoms with Gasteiger partial charge in [-0.3, -0.25) is 0 Å². The number of nitrogens with zero attached hydrogens (tertiary/aromatic N) is 2. The maximum atomic E-state index is 9.71. The highest BCUT2D eigenvalue weighted by atomic mass is 79.9. The summed E-state index contributed by atoms with van der Waals surface area (Å²) in [5, 5.41) is 10.3. The normalized spacial score (nSPS) is 12.5. The molecule has 0 bridgehead atoms. The summed E-state index contributed by atoms with van der Waals surface area (Å²) >= 11 is 9.30. The van der Waals surface area contributed by atoms with Crippen LogP contribution >= 0.6 is 27.5 Å². The van der Waals surface area contributed by atoms with Gasteiger partial charge in [-0.15, -0.1) is 0 Å². The number of hydrogen-bond donors (Lipinski definition) is 1. The van der Waals surface area contributed by atoms with Crippen molar-refractivity contribution in [1.82, 2.24) is 9.55 Å². The largest absolute Gasteiger partial charge is 0.485 e. The van der Waals surface area contributed by atoms with Gasteiger partial charge in [-0.1, -0.05) is 33.6 Å². The molecule has 1 N–H and O–H groups in total. The Bertz CT molecular complexity index is 584. The van der Waals surface area contributed by atoms with Crippen molar-refractivity contribution in [2.75, 3.05) is 0 Å². The molecule has 19 heavy (non-hydrogen) atoms. The van der Waals surface area contributed by atoms with Crippen LogP contribution < -0.4 is 4.74 Å². The Morgan fingerprint density at radius 1 is 1.53 bits per heavy atom. The fourth-order valence-corrected chi connectivity index (χ4v) is 2.17. The molecule has 2 aromatic rings. The zero-order valence-corrected chi connectivity index (χ0v) is 12.9. The van der Waals surface area contributed by atoms with E-state index in [0.717, 1.165) is 15.9 Å². The first-order valence-corrected chi connectivity index (χ1v) is 6.92. The first-order valence-electron chi connectivity index (χ1n) is 5.75. The predicted molar refractivity (Wildman–Crippen MR) is 77.3 cm³/mol. The molecule has 0 amide bonds. The molecule has 1 atom stereocenters. The van der Waals surface area contributed by atoms with Crippen LogP contribution in [0.1, 0.15) is 24.4 Å². The molecular weight excluding hydrogens is 332 g/mol. The molecule has 0 aliphatic heterocycles. The van der Waals surface area contributed by atoms with Crippen molar-refractivity contribution in [1.29, 1.82) is 0 Å². The number of halogens is 2. The number of hydrogen-bond acceptors (Lipinski definition) is 3. The quantitative estimate of drug-likeness (QED) is 0.923. The summed E-state index contributed by atoms with van der Waals surface area (Å²) in [7, 11) is 1.82. The van der Waals surface area contributed by atoms with Crippen molar-refractivity contribution in [3.63, 3.8) is 0 Å². The van der Waals surface area contributed by atoms with Crippen LogP contribution in [0.5, 0.6) is 5.75 Å². The highest BCUT2D eigenvalue weighted by molar-refractivity contribution is 9.10. The first-order chi connectivity index (χ1) is 8.99. The van der Waals surface area contributed by atoms with Gasteiger partial charge in [0.25, 0.3) is 0 Å². The van der Waals surface area contributed by atoms with Crippen molar-refractivity contribution in [3.05, 3.63) is 45.4 Å². The molecule has 0 aliphatic rings. The highest BCUT2D eigenvalue weighted by Crippen LogP contribution is 2.29. The molecule has 1 heterocycles. The Balaban J connectivity index is 2.19. The van der Waals surface area contributed by atoms with E-state index in [1.807, 2.05) is 25.2 Å². The molecule has 1 aromatic carbocycles. The third-order valence-corrected chi connectivity index (χ3v) is 3.65. The Morgan fingerprint density at radius 2 is 2.26 bits per heavy atom. The molecule has 0 spiro atoms. The van der Waals surface area contributed by atoms with E-state index < -0.39 is 6.10 Å². The third kappa shape index (κ3) is 3.29. The van der Waals surface area contributed by atoms with Crippen LogP contribution in [0.25, 0.3) is 0 Å². The molecule has 1 aromatic heterocycles. The zero-order chi connectivity index (χ0) is 14.0. The number of imidazole rings is 1. The van der Waals surface area contributed by atoms with Crippen LogP contribution in [-0.2, 0) is 13.7 Å². The predicted octanol–water partition coefficient (Wildman–Crippen LogP) is 3.47. The number of aromatic nitrogens is 2. The molecule has 0 saturated heterocycles. The molecule has 0 radical (unpaired) electrons. The second kappa shape index (κ2) is 5.94. The molecule has 6 heteroatoms. The zero-order valence-electron chi connectivity index (χ0n) is 10.6. The fraction of sp³-hybridized carbons (Fsp3) is 0.308. The fourth-order valence-electron chi connectivity index (χ4n) is 1.68. The van der Waals surface area contributed by atoms with Crippen molar-refractivity contribution < 1.29 is 9.84 Å². The van der Waals surface area contributed by atoms with Gasteiger partial charge in [0.15, 0.2) is 0 Å². The standard InChI is InChI=1S/C13H14BrClN2O2/c1-8(18)10-4-3-9(14)5-11(10)19-7-13-16-6-12(15)17(13)2/h3-6,8,18H,7H2,1-2H3/t8-/m1/s1. The minimum atomic E-state index is -0.590. The van der Waals surface area contributed by atoms with Gasteiger partial charge < -0.3 is 14.4 Å². The summed E-state index contributed by atoms with van der Waals surface area (Å²) in [5.74, 6) is 1.35. The van der Waals surface area contributed by atoms with Crippen molar-refractivity contribution in [3.8, 4) is 5.75 Å². The lowest BCUT2D eigenvalue weighted by atomic mass is 10.1. The van der Waals surface area contributed by atoms with Crippen LogP contribution in [0.2, 0.25) is 5.15 Å². The lowest BCUT2D eigenvalue weighted by molar-refractivity contribution is 0.189. The van der Waals surface area contributed by atoms with E-state index in [-0.39, 0.29) is 0 Å². The van der Waals surface area contributed by atoms with Crippen LogP contribution in [-0.4, -0.2) is 14.7 Å². The van der Waals surface area contributed by atoms with Crippen LogP contribution in [0.15, 0.2) is 28.9 Å². The van der Waals surface area contributed by atoms with Crippen LogP contribution in [0, 0.1) is 0 Å². The van der Waals surface area contributed by atoms with Crippen LogP contribution in [0.4, 0.5) is 0 Å². The van der Waals surface area contributed by atoms with Crippen LogP contribution in [0.3, 0.4) is 0 Å². The maximum absolute atomic E-state index is 9.71. The Labute approximate surface area is 125 Å². The number of aliphatic hydroxyl groups excluding tert-OH is 1. The van der Waals surface area contributed by atoms with E-state index in [4.69, 9.17) is 16.3 Å². The van der Waals surface area contributed by atoms with Crippen molar-refractivity contribution in [2.45, 2.75) is 19.6 Å². The number of benzene rings is 1. The lowest BCUT2D eigenvalue weighted by Crippen LogP contribution is -2.06. The Morgan fingerprint density at radius 3 is 2.84 bits per heavy atom. The second-order valence-corrected chi connectivity index (χ2v) is 5.51. The SMILES string of the molecule is C[C@@H](O)c1ccc(Br)cc1OCc1ncc(Cl)n1C. The first kappa shape index (κ1) is 14.4. The third-order valence-electron chi connectivity index (χ3n) is 2.81. The smallest absolute Gasteiger partial charge is 0.147 e. The average molecular weight is 346 g/mol. The number of ether oxygens (including phenoxy) is 1. The topological polar surface area (TPSA) is 47.3 Å². The number of aliphatic hydroxyl groups is 1. The lowest BCUT2D eigenvalue weighted by Gasteiger charge is -2.13. The van der Waals surface area contributed by atoms with Gasteiger partial charge in [0.1, 0.15) is 23.3 Å². The highest BCUT2D eigenvalue weighted by Gasteiger charge is 2.11. The number of rotatable bonds is 4. The molecule has 4 nitrogen and oxygen atoms in total. The molecule has 0 saturated carbocycles. The molecule has 102 valence electrons. The second-order valence-electron chi connectivity index (χ2n) is 4.20. The van der Waals surface area contributed by atoms with Gasteiger partial charge >= 0.3 is 0 Å². The van der Waals surface area contributed by atoms with Gasteiger partial charge in [0, 0.05) is 17.1 Å². The van der Waals surface area contributed by atoms with Crippen molar-refractivity contribution >= 4 is 27.5 Å².